The first-order valence-corrected chi connectivity index (χ1v) is 16.2. The van der Waals surface area contributed by atoms with Gasteiger partial charge in [-0.2, -0.15) is 0 Å². The summed E-state index contributed by atoms with van der Waals surface area (Å²) in [6.45, 7) is -0.0588. The fourth-order valence-corrected chi connectivity index (χ4v) is 7.17. The van der Waals surface area contributed by atoms with Crippen LogP contribution in [0.25, 0.3) is 10.9 Å². The van der Waals surface area contributed by atoms with Gasteiger partial charge in [-0.05, 0) is 34.4 Å². The maximum absolute atomic E-state index is 14.3. The van der Waals surface area contributed by atoms with Gasteiger partial charge < -0.3 is 19.5 Å². The van der Waals surface area contributed by atoms with Crippen LogP contribution in [-0.4, -0.2) is 65.1 Å². The van der Waals surface area contributed by atoms with Crippen LogP contribution in [0.2, 0.25) is 0 Å². The summed E-state index contributed by atoms with van der Waals surface area (Å²) in [5, 5.41) is 3.19. The van der Waals surface area contributed by atoms with Gasteiger partial charge in [0, 0.05) is 18.6 Å². The van der Waals surface area contributed by atoms with Gasteiger partial charge in [-0.15, -0.1) is 4.58 Å². The molecule has 7 rings (SSSR count). The van der Waals surface area contributed by atoms with E-state index in [1.807, 2.05) is 54.6 Å². The maximum atomic E-state index is 14.3. The SMILES string of the molecule is CNC(=O)C1=[N+](C(=O)C(=O)OC)[C@H]2N(C(=O)OCc3ccccc3)c3ccccc3[C@@]2(c2cn(C(=O)OCc3ccccc3)c3ccccc23)C1. The number of fused-ring (bicyclic) bond motifs is 4. The van der Waals surface area contributed by atoms with Crippen LogP contribution in [0.3, 0.4) is 0 Å². The number of benzene rings is 4. The standard InChI is InChI=1S/C39H32N4O8/c1-40-33(44)32-21-39(29-22-41(30-19-11-9-17-27(29)30)37(47)50-23-25-13-5-3-6-14-25)28-18-10-12-20-31(28)43(36(39)42(32)34(45)35(46)49-2)38(48)51-24-26-15-7-4-8-16-26/h3-20,22,36H,21,23-24H2,1-2H3/p+1/t36-,39+/m0/s1. The minimum absolute atomic E-state index is 0.0230. The zero-order valence-corrected chi connectivity index (χ0v) is 27.8. The first-order valence-electron chi connectivity index (χ1n) is 16.2. The van der Waals surface area contributed by atoms with Crippen LogP contribution in [-0.2, 0) is 47.2 Å². The van der Waals surface area contributed by atoms with E-state index in [4.69, 9.17) is 14.2 Å². The van der Waals surface area contributed by atoms with Crippen molar-refractivity contribution in [2.24, 2.45) is 0 Å². The molecule has 256 valence electrons. The lowest BCUT2D eigenvalue weighted by Crippen LogP contribution is -2.54. The third-order valence-corrected chi connectivity index (χ3v) is 9.38. The van der Waals surface area contributed by atoms with E-state index in [1.165, 1.54) is 16.5 Å². The molecular formula is C39H33N4O8+. The van der Waals surface area contributed by atoms with Crippen molar-refractivity contribution in [1.82, 2.24) is 9.88 Å². The number of ether oxygens (including phenoxy) is 3. The van der Waals surface area contributed by atoms with E-state index in [-0.39, 0.29) is 25.3 Å². The number of hydrogen-bond acceptors (Lipinski definition) is 8. The Kier molecular flexibility index (Phi) is 8.65. The summed E-state index contributed by atoms with van der Waals surface area (Å²) in [6.07, 6.45) is -1.31. The molecule has 1 aromatic heterocycles. The number of carbonyl (C=O) groups excluding carboxylic acids is 5. The van der Waals surface area contributed by atoms with Crippen molar-refractivity contribution in [3.63, 3.8) is 0 Å². The largest absolute Gasteiger partial charge is 0.499 e. The molecule has 0 unspecified atom stereocenters. The van der Waals surface area contributed by atoms with Gasteiger partial charge in [-0.1, -0.05) is 97.1 Å². The Bertz CT molecular complexity index is 2230. The molecule has 3 heterocycles. The van der Waals surface area contributed by atoms with Gasteiger partial charge in [0.15, 0.2) is 0 Å². The number of rotatable bonds is 6. The highest BCUT2D eigenvalue weighted by atomic mass is 16.6. The molecule has 0 aliphatic carbocycles. The number of carbonyl (C=O) groups is 5. The van der Waals surface area contributed by atoms with Gasteiger partial charge in [0.2, 0.25) is 0 Å². The first-order chi connectivity index (χ1) is 24.8. The Morgan fingerprint density at radius 3 is 2.00 bits per heavy atom. The second kappa shape index (κ2) is 13.4. The van der Waals surface area contributed by atoms with Gasteiger partial charge >= 0.3 is 30.0 Å². The molecule has 0 fully saturated rings. The Morgan fingerprint density at radius 1 is 0.765 bits per heavy atom. The predicted octanol–water partition coefficient (Wildman–Crippen LogP) is 4.90. The number of anilines is 1. The number of amides is 3. The topological polar surface area (TPSA) is 136 Å². The molecule has 5 aromatic rings. The average molecular weight is 686 g/mol. The van der Waals surface area contributed by atoms with Gasteiger partial charge in [-0.3, -0.25) is 9.36 Å². The molecule has 4 aromatic carbocycles. The third-order valence-electron chi connectivity index (χ3n) is 9.38. The second-order valence-electron chi connectivity index (χ2n) is 12.1. The van der Waals surface area contributed by atoms with Crippen molar-refractivity contribution in [3.8, 4) is 0 Å². The molecule has 0 saturated carbocycles. The Morgan fingerprint density at radius 2 is 1.35 bits per heavy atom. The number of esters is 1. The second-order valence-corrected chi connectivity index (χ2v) is 12.1. The van der Waals surface area contributed by atoms with Crippen molar-refractivity contribution in [1.29, 1.82) is 0 Å². The molecule has 3 amide bonds. The highest BCUT2D eigenvalue weighted by molar-refractivity contribution is 6.41. The quantitative estimate of drug-likeness (QED) is 0.115. The van der Waals surface area contributed by atoms with Crippen LogP contribution in [0.15, 0.2) is 115 Å². The molecule has 2 atom stereocenters. The summed E-state index contributed by atoms with van der Waals surface area (Å²) >= 11 is 0. The minimum atomic E-state index is -1.38. The van der Waals surface area contributed by atoms with E-state index < -0.39 is 41.6 Å². The summed E-state index contributed by atoms with van der Waals surface area (Å²) in [5.74, 6) is -3.02. The van der Waals surface area contributed by atoms with Gasteiger partial charge in [0.05, 0.1) is 24.7 Å². The summed E-state index contributed by atoms with van der Waals surface area (Å²) in [4.78, 5) is 70.0. The van der Waals surface area contributed by atoms with Crippen molar-refractivity contribution in [3.05, 3.63) is 138 Å². The number of aromatic nitrogens is 1. The van der Waals surface area contributed by atoms with Crippen LogP contribution < -0.4 is 10.2 Å². The lowest BCUT2D eigenvalue weighted by atomic mass is 9.72. The third kappa shape index (κ3) is 5.50. The Balaban J connectivity index is 1.43. The molecule has 2 aliphatic rings. The molecule has 51 heavy (non-hydrogen) atoms. The number of nitrogens with zero attached hydrogens (tertiary/aromatic N) is 3. The molecule has 12 nitrogen and oxygen atoms in total. The molecule has 12 heteroatoms. The lowest BCUT2D eigenvalue weighted by molar-refractivity contribution is -0.479. The molecule has 1 N–H and O–H groups in total. The molecule has 0 radical (unpaired) electrons. The number of hydrogen-bond donors (Lipinski definition) is 1. The van der Waals surface area contributed by atoms with Crippen molar-refractivity contribution < 1.29 is 42.8 Å². The van der Waals surface area contributed by atoms with Crippen LogP contribution >= 0.6 is 0 Å². The fraction of sp³-hybridized carbons (Fsp3) is 0.179. The van der Waals surface area contributed by atoms with E-state index >= 15 is 0 Å². The average Bonchev–Trinajstić information content (AvgIpc) is 3.82. The summed E-state index contributed by atoms with van der Waals surface area (Å²) in [7, 11) is 2.47. The van der Waals surface area contributed by atoms with E-state index in [2.05, 4.69) is 5.32 Å². The number of methoxy groups -OCH3 is 1. The van der Waals surface area contributed by atoms with E-state index in [0.717, 1.165) is 22.8 Å². The van der Waals surface area contributed by atoms with Crippen molar-refractivity contribution in [2.45, 2.75) is 31.2 Å². The number of para-hydroxylation sites is 2. The highest BCUT2D eigenvalue weighted by Crippen LogP contribution is 2.56. The maximum Gasteiger partial charge on any atom is 0.499 e. The number of nitrogens with one attached hydrogen (secondary N) is 1. The van der Waals surface area contributed by atoms with Crippen LogP contribution in [0.4, 0.5) is 15.3 Å². The smallest absolute Gasteiger partial charge is 0.458 e. The monoisotopic (exact) mass is 685 g/mol. The predicted molar refractivity (Wildman–Crippen MR) is 185 cm³/mol. The van der Waals surface area contributed by atoms with Crippen LogP contribution in [0.1, 0.15) is 28.7 Å². The Labute approximate surface area is 292 Å². The van der Waals surface area contributed by atoms with Crippen LogP contribution in [0, 0.1) is 0 Å². The molecular weight excluding hydrogens is 652 g/mol. The minimum Gasteiger partial charge on any atom is -0.458 e. The molecule has 0 bridgehead atoms. The van der Waals surface area contributed by atoms with Gasteiger partial charge in [-0.25, -0.2) is 24.1 Å². The van der Waals surface area contributed by atoms with Crippen LogP contribution in [0.5, 0.6) is 0 Å². The van der Waals surface area contributed by atoms with E-state index in [1.54, 1.807) is 60.8 Å². The summed E-state index contributed by atoms with van der Waals surface area (Å²) in [5.41, 5.74) is 2.08. The molecule has 0 saturated heterocycles. The molecule has 2 aliphatic heterocycles. The first kappa shape index (κ1) is 33.0. The summed E-state index contributed by atoms with van der Waals surface area (Å²) < 4.78 is 18.8. The lowest BCUT2D eigenvalue weighted by Gasteiger charge is -2.28. The zero-order chi connectivity index (χ0) is 35.7. The van der Waals surface area contributed by atoms with E-state index in [9.17, 15) is 24.0 Å². The fourth-order valence-electron chi connectivity index (χ4n) is 7.17. The summed E-state index contributed by atoms with van der Waals surface area (Å²) in [6, 6.07) is 32.6. The highest BCUT2D eigenvalue weighted by Gasteiger charge is 2.70. The van der Waals surface area contributed by atoms with Crippen molar-refractivity contribution >= 4 is 52.3 Å². The normalized spacial score (nSPS) is 17.5. The van der Waals surface area contributed by atoms with Crippen molar-refractivity contribution in [2.75, 3.05) is 19.1 Å². The Hall–Kier alpha value is -6.56. The van der Waals surface area contributed by atoms with Gasteiger partial charge in [0.25, 0.3) is 11.9 Å². The zero-order valence-electron chi connectivity index (χ0n) is 27.8. The van der Waals surface area contributed by atoms with E-state index in [0.29, 0.717) is 27.7 Å². The molecule has 0 spiro atoms. The van der Waals surface area contributed by atoms with Gasteiger partial charge in [0.1, 0.15) is 18.6 Å².